The third-order valence-electron chi connectivity index (χ3n) is 4.19. The highest BCUT2D eigenvalue weighted by molar-refractivity contribution is 5.83. The van der Waals surface area contributed by atoms with Crippen molar-refractivity contribution >= 4 is 11.9 Å². The topological polar surface area (TPSA) is 81.4 Å². The van der Waals surface area contributed by atoms with Crippen molar-refractivity contribution in [1.29, 1.82) is 0 Å². The molecular formula is C19H22N2O4. The zero-order valence-corrected chi connectivity index (χ0v) is 14.3. The van der Waals surface area contributed by atoms with Gasteiger partial charge in [0.15, 0.2) is 17.8 Å². The van der Waals surface area contributed by atoms with Crippen molar-refractivity contribution in [2.24, 2.45) is 0 Å². The molecule has 2 heterocycles. The smallest absolute Gasteiger partial charge is 0.307 e. The fourth-order valence-electron chi connectivity index (χ4n) is 2.73. The summed E-state index contributed by atoms with van der Waals surface area (Å²) in [5.41, 5.74) is 2.12. The molecule has 1 aromatic carbocycles. The van der Waals surface area contributed by atoms with Gasteiger partial charge in [-0.05, 0) is 26.2 Å². The average molecular weight is 342 g/mol. The Balaban J connectivity index is 1.52. The van der Waals surface area contributed by atoms with Crippen LogP contribution in [0.25, 0.3) is 11.3 Å². The Morgan fingerprint density at radius 2 is 2.12 bits per heavy atom. The molecule has 6 nitrogen and oxygen atoms in total. The fourth-order valence-corrected chi connectivity index (χ4v) is 2.73. The van der Waals surface area contributed by atoms with Gasteiger partial charge >= 0.3 is 5.97 Å². The first-order valence-electron chi connectivity index (χ1n) is 8.61. The molecule has 6 heteroatoms. The summed E-state index contributed by atoms with van der Waals surface area (Å²) in [6.07, 6.45) is 3.83. The van der Waals surface area contributed by atoms with Crippen molar-refractivity contribution in [2.45, 2.75) is 45.1 Å². The van der Waals surface area contributed by atoms with Crippen molar-refractivity contribution < 1.29 is 18.7 Å². The number of nitrogens with one attached hydrogen (secondary N) is 1. The second kappa shape index (κ2) is 7.96. The summed E-state index contributed by atoms with van der Waals surface area (Å²) in [5, 5.41) is 2.75. The van der Waals surface area contributed by atoms with Crippen LogP contribution in [0.5, 0.6) is 0 Å². The molecule has 0 aliphatic carbocycles. The molecule has 25 heavy (non-hydrogen) atoms. The highest BCUT2D eigenvalue weighted by Crippen LogP contribution is 2.21. The maximum absolute atomic E-state index is 12.0. The van der Waals surface area contributed by atoms with Crippen LogP contribution >= 0.6 is 0 Å². The van der Waals surface area contributed by atoms with E-state index < -0.39 is 12.1 Å². The Labute approximate surface area is 146 Å². The normalized spacial score (nSPS) is 17.6. The lowest BCUT2D eigenvalue weighted by atomic mass is 10.1. The van der Waals surface area contributed by atoms with E-state index in [2.05, 4.69) is 10.3 Å². The molecule has 2 aromatic rings. The van der Waals surface area contributed by atoms with Crippen molar-refractivity contribution in [3.8, 4) is 11.3 Å². The zero-order chi connectivity index (χ0) is 17.6. The van der Waals surface area contributed by atoms with E-state index in [4.69, 9.17) is 9.15 Å². The lowest BCUT2D eigenvalue weighted by Crippen LogP contribution is -2.36. The average Bonchev–Trinajstić information content (AvgIpc) is 2.99. The van der Waals surface area contributed by atoms with E-state index in [1.807, 2.05) is 31.2 Å². The largest absolute Gasteiger partial charge is 0.452 e. The Kier molecular flexibility index (Phi) is 5.48. The van der Waals surface area contributed by atoms with Gasteiger partial charge in [-0.2, -0.15) is 0 Å². The van der Waals surface area contributed by atoms with Gasteiger partial charge in [0.1, 0.15) is 0 Å². The standard InChI is InChI=1S/C19H22N2O4/c1-13-5-7-14(8-6-13)16-12-21-17(24-16)9-10-18(22)25-15-4-2-3-11-20-19(15)23/h5-8,12,15H,2-4,9-11H2,1H3,(H,20,23). The molecule has 3 rings (SSSR count). The van der Waals surface area contributed by atoms with Gasteiger partial charge in [0, 0.05) is 18.5 Å². The van der Waals surface area contributed by atoms with Gasteiger partial charge in [-0.15, -0.1) is 0 Å². The van der Waals surface area contributed by atoms with Gasteiger partial charge in [0.05, 0.1) is 12.6 Å². The molecule has 0 saturated carbocycles. The molecule has 1 N–H and O–H groups in total. The van der Waals surface area contributed by atoms with Crippen LogP contribution < -0.4 is 5.32 Å². The molecule has 0 bridgehead atoms. The maximum atomic E-state index is 12.0. The number of nitrogens with zero attached hydrogens (tertiary/aromatic N) is 1. The fraction of sp³-hybridized carbons (Fsp3) is 0.421. The highest BCUT2D eigenvalue weighted by Gasteiger charge is 2.24. The SMILES string of the molecule is Cc1ccc(-c2cnc(CCC(=O)OC3CCCCNC3=O)o2)cc1. The van der Waals surface area contributed by atoms with Gasteiger partial charge in [0.25, 0.3) is 5.91 Å². The number of ether oxygens (including phenoxy) is 1. The summed E-state index contributed by atoms with van der Waals surface area (Å²) in [6.45, 7) is 2.67. The number of hydrogen-bond acceptors (Lipinski definition) is 5. The van der Waals surface area contributed by atoms with Crippen molar-refractivity contribution in [3.63, 3.8) is 0 Å². The van der Waals surface area contributed by atoms with Crippen LogP contribution in [0, 0.1) is 6.92 Å². The van der Waals surface area contributed by atoms with Gasteiger partial charge in [0.2, 0.25) is 0 Å². The van der Waals surface area contributed by atoms with Crippen molar-refractivity contribution in [1.82, 2.24) is 10.3 Å². The van der Waals surface area contributed by atoms with Gasteiger partial charge < -0.3 is 14.5 Å². The summed E-state index contributed by atoms with van der Waals surface area (Å²) in [6, 6.07) is 7.95. The first-order valence-corrected chi connectivity index (χ1v) is 8.61. The number of carbonyl (C=O) groups excluding carboxylic acids is 2. The Bertz CT molecular complexity index is 736. The lowest BCUT2D eigenvalue weighted by Gasteiger charge is -2.13. The third-order valence-corrected chi connectivity index (χ3v) is 4.19. The quantitative estimate of drug-likeness (QED) is 0.845. The summed E-state index contributed by atoms with van der Waals surface area (Å²) in [4.78, 5) is 28.0. The third kappa shape index (κ3) is 4.68. The Hall–Kier alpha value is -2.63. The number of hydrogen-bond donors (Lipinski definition) is 1. The van der Waals surface area contributed by atoms with E-state index in [1.54, 1.807) is 6.20 Å². The van der Waals surface area contributed by atoms with E-state index in [9.17, 15) is 9.59 Å². The van der Waals surface area contributed by atoms with Crippen LogP contribution in [0.2, 0.25) is 0 Å². The maximum Gasteiger partial charge on any atom is 0.307 e. The minimum atomic E-state index is -0.678. The highest BCUT2D eigenvalue weighted by atomic mass is 16.5. The zero-order valence-electron chi connectivity index (χ0n) is 14.3. The minimum absolute atomic E-state index is 0.137. The van der Waals surface area contributed by atoms with Crippen LogP contribution in [-0.2, 0) is 20.7 Å². The molecule has 132 valence electrons. The summed E-state index contributed by atoms with van der Waals surface area (Å²) in [5.74, 6) is 0.546. The number of benzene rings is 1. The number of rotatable bonds is 5. The predicted molar refractivity (Wildman–Crippen MR) is 91.7 cm³/mol. The van der Waals surface area contributed by atoms with Crippen LogP contribution in [0.15, 0.2) is 34.9 Å². The Morgan fingerprint density at radius 1 is 1.32 bits per heavy atom. The van der Waals surface area contributed by atoms with E-state index in [1.165, 1.54) is 5.56 Å². The van der Waals surface area contributed by atoms with Crippen LogP contribution in [0.1, 0.15) is 37.1 Å². The number of aromatic nitrogens is 1. The molecule has 1 aromatic heterocycles. The van der Waals surface area contributed by atoms with Crippen molar-refractivity contribution in [3.05, 3.63) is 41.9 Å². The summed E-state index contributed by atoms with van der Waals surface area (Å²) in [7, 11) is 0. The van der Waals surface area contributed by atoms with E-state index >= 15 is 0 Å². The van der Waals surface area contributed by atoms with Crippen LogP contribution in [0.3, 0.4) is 0 Å². The van der Waals surface area contributed by atoms with Gasteiger partial charge in [-0.1, -0.05) is 29.8 Å². The predicted octanol–water partition coefficient (Wildman–Crippen LogP) is 2.79. The lowest BCUT2D eigenvalue weighted by molar-refractivity contribution is -0.156. The monoisotopic (exact) mass is 342 g/mol. The molecular weight excluding hydrogens is 320 g/mol. The van der Waals surface area contributed by atoms with Gasteiger partial charge in [-0.3, -0.25) is 9.59 Å². The van der Waals surface area contributed by atoms with Crippen LogP contribution in [-0.4, -0.2) is 29.5 Å². The molecule has 1 amide bonds. The minimum Gasteiger partial charge on any atom is -0.452 e. The molecule has 1 aliphatic rings. The van der Waals surface area contributed by atoms with E-state index in [-0.39, 0.29) is 12.3 Å². The molecule has 1 atom stereocenters. The first-order chi connectivity index (χ1) is 12.1. The second-order valence-corrected chi connectivity index (χ2v) is 6.25. The number of esters is 1. The summed E-state index contributed by atoms with van der Waals surface area (Å²) >= 11 is 0. The molecule has 0 radical (unpaired) electrons. The van der Waals surface area contributed by atoms with Gasteiger partial charge in [-0.25, -0.2) is 4.98 Å². The van der Waals surface area contributed by atoms with E-state index in [0.717, 1.165) is 18.4 Å². The van der Waals surface area contributed by atoms with Crippen LogP contribution in [0.4, 0.5) is 0 Å². The number of amides is 1. The first kappa shape index (κ1) is 17.2. The molecule has 1 fully saturated rings. The second-order valence-electron chi connectivity index (χ2n) is 6.25. The molecule has 0 spiro atoms. The van der Waals surface area contributed by atoms with Crippen molar-refractivity contribution in [2.75, 3.05) is 6.54 Å². The molecule has 1 unspecified atom stereocenters. The molecule has 1 aliphatic heterocycles. The number of carbonyl (C=O) groups is 2. The summed E-state index contributed by atoms with van der Waals surface area (Å²) < 4.78 is 11.0. The number of aryl methyl sites for hydroxylation is 2. The Morgan fingerprint density at radius 3 is 2.92 bits per heavy atom. The van der Waals surface area contributed by atoms with E-state index in [0.29, 0.717) is 31.0 Å². The number of oxazole rings is 1. The molecule has 1 saturated heterocycles.